The average Bonchev–Trinajstić information content (AvgIpc) is 3.83. The van der Waals surface area contributed by atoms with E-state index in [-0.39, 0.29) is 10.8 Å². The largest absolute Gasteiger partial charge is 0.454 e. The molecule has 14 rings (SSSR count). The summed E-state index contributed by atoms with van der Waals surface area (Å²) in [6.07, 6.45) is 0. The van der Waals surface area contributed by atoms with Gasteiger partial charge in [-0.25, -0.2) is 0 Å². The van der Waals surface area contributed by atoms with Gasteiger partial charge in [-0.2, -0.15) is 0 Å². The number of hydrogen-bond acceptors (Lipinski definition) is 5. The van der Waals surface area contributed by atoms with Gasteiger partial charge < -0.3 is 23.1 Å². The third-order valence-electron chi connectivity index (χ3n) is 15.7. The summed E-state index contributed by atoms with van der Waals surface area (Å²) in [6.45, 7) is 15.7. The van der Waals surface area contributed by atoms with Crippen LogP contribution in [0.5, 0.6) is 0 Å². The van der Waals surface area contributed by atoms with E-state index in [1.807, 2.05) is 0 Å². The van der Waals surface area contributed by atoms with Crippen molar-refractivity contribution in [3.05, 3.63) is 241 Å². The van der Waals surface area contributed by atoms with Gasteiger partial charge in [0.1, 0.15) is 16.7 Å². The molecule has 0 bridgehead atoms. The summed E-state index contributed by atoms with van der Waals surface area (Å²) in [5.41, 5.74) is 18.1. The molecule has 3 heterocycles. The zero-order valence-electron chi connectivity index (χ0n) is 45.0. The Morgan fingerprint density at radius 1 is 0.308 bits per heavy atom. The summed E-state index contributed by atoms with van der Waals surface area (Å²) in [5, 5.41) is 8.27. The lowest BCUT2D eigenvalue weighted by molar-refractivity contribution is 0.572. The highest BCUT2D eigenvalue weighted by atomic mass is 16.3. The van der Waals surface area contributed by atoms with Crippen molar-refractivity contribution in [2.45, 2.75) is 59.3 Å². The molecule has 0 N–H and O–H groups in total. The van der Waals surface area contributed by atoms with Gasteiger partial charge in [0.15, 0.2) is 16.7 Å². The molecule has 0 atom stereocenters. The molecule has 3 aromatic heterocycles. The number of anilines is 6. The lowest BCUT2D eigenvalue weighted by atomic mass is 9.86. The second kappa shape index (κ2) is 17.9. The van der Waals surface area contributed by atoms with Crippen LogP contribution in [0.15, 0.2) is 238 Å². The molecule has 11 aromatic carbocycles. The predicted molar refractivity (Wildman–Crippen MR) is 328 cm³/mol. The Kier molecular flexibility index (Phi) is 10.8. The molecule has 5 heteroatoms. The van der Waals surface area contributed by atoms with Crippen LogP contribution in [0.1, 0.15) is 58.2 Å². The van der Waals surface area contributed by atoms with Gasteiger partial charge >= 0.3 is 0 Å². The van der Waals surface area contributed by atoms with Crippen molar-refractivity contribution < 1.29 is 13.3 Å². The molecular weight excluding hydrogens is 953 g/mol. The van der Waals surface area contributed by atoms with Gasteiger partial charge in [-0.05, 0) is 64.8 Å². The van der Waals surface area contributed by atoms with E-state index in [0.717, 1.165) is 150 Å². The standard InChI is InChI=1S/C73H58N2O3/c1-45-42-43-49(47-26-12-9-13-27-47)62(44-45)75(61-40-23-35-55-53-33-21-37-58(73(5,6)7)68(53)78-70(55)61)66-51-30-15-14-29-50(51)65(64-56-31-17-19-41-63(56)76-71(64)66)74(59-38-18-16-28-48(59)46-24-10-8-11-25-46)60-39-22-34-54-52-32-20-36-57(72(2,3)4)67(52)77-69(54)60/h8-44H,1-7H3. The fourth-order valence-electron chi connectivity index (χ4n) is 12.2. The van der Waals surface area contributed by atoms with Gasteiger partial charge in [0.05, 0.1) is 39.5 Å². The number of hydrogen-bond donors (Lipinski definition) is 0. The van der Waals surface area contributed by atoms with E-state index in [2.05, 4.69) is 283 Å². The Hall–Kier alpha value is -9.32. The first-order valence-corrected chi connectivity index (χ1v) is 27.1. The van der Waals surface area contributed by atoms with Crippen molar-refractivity contribution in [3.63, 3.8) is 0 Å². The first-order chi connectivity index (χ1) is 37.9. The molecule has 0 aliphatic carbocycles. The number of benzene rings is 11. The fraction of sp³-hybridized carbons (Fsp3) is 0.123. The van der Waals surface area contributed by atoms with Crippen molar-refractivity contribution in [1.29, 1.82) is 0 Å². The Morgan fingerprint density at radius 3 is 1.29 bits per heavy atom. The van der Waals surface area contributed by atoms with Crippen molar-refractivity contribution in [2.75, 3.05) is 9.80 Å². The van der Waals surface area contributed by atoms with E-state index in [1.165, 1.54) is 0 Å². The molecule has 5 nitrogen and oxygen atoms in total. The van der Waals surface area contributed by atoms with Crippen LogP contribution in [0.4, 0.5) is 34.1 Å². The van der Waals surface area contributed by atoms with Crippen LogP contribution in [0.2, 0.25) is 0 Å². The van der Waals surface area contributed by atoms with E-state index in [1.54, 1.807) is 0 Å². The molecular formula is C73H58N2O3. The second-order valence-electron chi connectivity index (χ2n) is 22.9. The van der Waals surface area contributed by atoms with Gasteiger partial charge in [0.2, 0.25) is 0 Å². The van der Waals surface area contributed by atoms with Gasteiger partial charge in [0, 0.05) is 60.0 Å². The summed E-state index contributed by atoms with van der Waals surface area (Å²) in [4.78, 5) is 4.89. The first-order valence-electron chi connectivity index (χ1n) is 27.1. The van der Waals surface area contributed by atoms with E-state index in [9.17, 15) is 0 Å². The summed E-state index contributed by atoms with van der Waals surface area (Å²) in [6, 6.07) is 80.7. The van der Waals surface area contributed by atoms with E-state index in [0.29, 0.717) is 0 Å². The number of furan rings is 3. The molecule has 78 heavy (non-hydrogen) atoms. The van der Waals surface area contributed by atoms with Crippen molar-refractivity contribution in [1.82, 2.24) is 0 Å². The highest BCUT2D eigenvalue weighted by molar-refractivity contribution is 6.30. The normalized spacial score (nSPS) is 12.3. The topological polar surface area (TPSA) is 45.9 Å². The molecule has 0 aliphatic rings. The molecule has 0 spiro atoms. The Morgan fingerprint density at radius 2 is 0.731 bits per heavy atom. The molecule has 0 saturated heterocycles. The Balaban J connectivity index is 1.17. The fourth-order valence-corrected chi connectivity index (χ4v) is 12.2. The number of fused-ring (bicyclic) bond motifs is 10. The number of rotatable bonds is 8. The molecule has 378 valence electrons. The van der Waals surface area contributed by atoms with Crippen LogP contribution < -0.4 is 9.80 Å². The highest BCUT2D eigenvalue weighted by Crippen LogP contribution is 2.58. The number of para-hydroxylation sites is 6. The minimum absolute atomic E-state index is 0.161. The van der Waals surface area contributed by atoms with Crippen LogP contribution >= 0.6 is 0 Å². The quantitative estimate of drug-likeness (QED) is 0.142. The summed E-state index contributed by atoms with van der Waals surface area (Å²) >= 11 is 0. The van der Waals surface area contributed by atoms with Crippen LogP contribution in [0.25, 0.3) is 98.8 Å². The summed E-state index contributed by atoms with van der Waals surface area (Å²) in [5.74, 6) is 0. The number of aryl methyl sites for hydroxylation is 1. The van der Waals surface area contributed by atoms with E-state index >= 15 is 0 Å². The molecule has 0 amide bonds. The minimum atomic E-state index is -0.163. The van der Waals surface area contributed by atoms with Crippen LogP contribution in [0, 0.1) is 6.92 Å². The van der Waals surface area contributed by atoms with Crippen molar-refractivity contribution >= 4 is 111 Å². The van der Waals surface area contributed by atoms with Crippen molar-refractivity contribution in [2.24, 2.45) is 0 Å². The maximum atomic E-state index is 7.57. The second-order valence-corrected chi connectivity index (χ2v) is 22.9. The average molecular weight is 1010 g/mol. The molecule has 0 radical (unpaired) electrons. The monoisotopic (exact) mass is 1010 g/mol. The summed E-state index contributed by atoms with van der Waals surface area (Å²) in [7, 11) is 0. The SMILES string of the molecule is Cc1ccc(-c2ccccc2)c(N(c2cccc3c2oc2c(C(C)(C)C)cccc23)c2c3ccccc3c(N(c3ccccc3-c3ccccc3)c3cccc4c3oc3c(C(C)(C)C)cccc34)c3c2oc2ccccc23)c1. The maximum Gasteiger partial charge on any atom is 0.162 e. The van der Waals surface area contributed by atoms with Crippen LogP contribution in [-0.2, 0) is 10.8 Å². The molecule has 0 unspecified atom stereocenters. The molecule has 0 saturated carbocycles. The van der Waals surface area contributed by atoms with Crippen molar-refractivity contribution in [3.8, 4) is 22.3 Å². The first kappa shape index (κ1) is 47.2. The lowest BCUT2D eigenvalue weighted by Gasteiger charge is -2.33. The molecule has 0 aliphatic heterocycles. The zero-order chi connectivity index (χ0) is 53.0. The third-order valence-corrected chi connectivity index (χ3v) is 15.7. The highest BCUT2D eigenvalue weighted by Gasteiger charge is 2.34. The maximum absolute atomic E-state index is 7.57. The lowest BCUT2D eigenvalue weighted by Crippen LogP contribution is -2.15. The molecule has 14 aromatic rings. The third kappa shape index (κ3) is 7.44. The number of nitrogens with zero attached hydrogens (tertiary/aromatic N) is 2. The zero-order valence-corrected chi connectivity index (χ0v) is 45.0. The minimum Gasteiger partial charge on any atom is -0.454 e. The van der Waals surface area contributed by atoms with Gasteiger partial charge in [-0.3, -0.25) is 0 Å². The van der Waals surface area contributed by atoms with Crippen LogP contribution in [0.3, 0.4) is 0 Å². The predicted octanol–water partition coefficient (Wildman–Crippen LogP) is 21.7. The van der Waals surface area contributed by atoms with E-state index in [4.69, 9.17) is 13.3 Å². The smallest absolute Gasteiger partial charge is 0.162 e. The molecule has 0 fully saturated rings. The van der Waals surface area contributed by atoms with Gasteiger partial charge in [-0.1, -0.05) is 236 Å². The van der Waals surface area contributed by atoms with E-state index < -0.39 is 0 Å². The summed E-state index contributed by atoms with van der Waals surface area (Å²) < 4.78 is 22.3. The Bertz CT molecular complexity index is 4660. The van der Waals surface area contributed by atoms with Crippen LogP contribution in [-0.4, -0.2) is 0 Å². The Labute approximate surface area is 454 Å². The van der Waals surface area contributed by atoms with Gasteiger partial charge in [-0.15, -0.1) is 0 Å². The van der Waals surface area contributed by atoms with Gasteiger partial charge in [0.25, 0.3) is 0 Å².